The van der Waals surface area contributed by atoms with E-state index in [9.17, 15) is 4.21 Å². The van der Waals surface area contributed by atoms with E-state index in [0.717, 1.165) is 13.8 Å². The van der Waals surface area contributed by atoms with Crippen LogP contribution in [0.2, 0.25) is 0 Å². The molecular formula is C6H16O7SZn. The fourth-order valence-corrected chi connectivity index (χ4v) is 0. The van der Waals surface area contributed by atoms with Gasteiger partial charge in [-0.05, 0) is 13.8 Å². The van der Waals surface area contributed by atoms with E-state index < -0.39 is 22.7 Å². The van der Waals surface area contributed by atoms with Gasteiger partial charge >= 0.3 is 19.5 Å². The van der Waals surface area contributed by atoms with Crippen molar-refractivity contribution in [1.29, 1.82) is 0 Å². The van der Waals surface area contributed by atoms with Crippen LogP contribution in [0.1, 0.15) is 13.8 Å². The average molecular weight is 298 g/mol. The van der Waals surface area contributed by atoms with Gasteiger partial charge in [-0.2, -0.15) is 0 Å². The van der Waals surface area contributed by atoms with Crippen LogP contribution in [-0.2, 0) is 39.9 Å². The molecule has 9 heteroatoms. The smallest absolute Gasteiger partial charge is 0.550 e. The summed E-state index contributed by atoms with van der Waals surface area (Å²) in [6, 6.07) is 0. The molecule has 4 N–H and O–H groups in total. The molecule has 0 radical (unpaired) electrons. The van der Waals surface area contributed by atoms with Gasteiger partial charge in [0.25, 0.3) is 0 Å². The minimum absolute atomic E-state index is 0. The van der Waals surface area contributed by atoms with E-state index >= 15 is 0 Å². The summed E-state index contributed by atoms with van der Waals surface area (Å²) in [5.74, 6) is -2.17. The Kier molecular flexibility index (Phi) is 71.0. The van der Waals surface area contributed by atoms with E-state index in [1.54, 1.807) is 12.5 Å². The second-order valence-corrected chi connectivity index (χ2v) is 3.21. The number of hydrogen-bond acceptors (Lipinski definition) is 5. The zero-order valence-corrected chi connectivity index (χ0v) is 12.9. The Morgan fingerprint density at radius 3 is 0.933 bits per heavy atom. The molecule has 7 nitrogen and oxygen atoms in total. The maximum absolute atomic E-state index is 9.56. The number of carboxylic acids is 2. The molecule has 0 aromatic carbocycles. The van der Waals surface area contributed by atoms with Crippen molar-refractivity contribution in [2.24, 2.45) is 0 Å². The maximum Gasteiger partial charge on any atom is 2.00 e. The van der Waals surface area contributed by atoms with Crippen molar-refractivity contribution in [3.63, 3.8) is 0 Å². The van der Waals surface area contributed by atoms with Gasteiger partial charge in [0.05, 0.1) is 0 Å². The van der Waals surface area contributed by atoms with E-state index in [1.807, 2.05) is 0 Å². The van der Waals surface area contributed by atoms with E-state index in [2.05, 4.69) is 0 Å². The molecule has 15 heavy (non-hydrogen) atoms. The summed E-state index contributed by atoms with van der Waals surface area (Å²) in [6.07, 6.45) is 3.28. The fourth-order valence-electron chi connectivity index (χ4n) is 0. The molecule has 90 valence electrons. The normalized spacial score (nSPS) is 5.67. The first-order valence-electron chi connectivity index (χ1n) is 2.80. The summed E-state index contributed by atoms with van der Waals surface area (Å²) in [5, 5.41) is 17.8. The van der Waals surface area contributed by atoms with Crippen LogP contribution >= 0.6 is 0 Å². The molecule has 0 spiro atoms. The minimum Gasteiger partial charge on any atom is -0.550 e. The van der Waals surface area contributed by atoms with Crippen molar-refractivity contribution in [1.82, 2.24) is 0 Å². The van der Waals surface area contributed by atoms with Gasteiger partial charge in [0.1, 0.15) is 0 Å². The number of carboxylic acid groups (broad SMARTS) is 2. The van der Waals surface area contributed by atoms with Crippen molar-refractivity contribution in [3.05, 3.63) is 0 Å². The van der Waals surface area contributed by atoms with Crippen molar-refractivity contribution >= 4 is 22.7 Å². The molecule has 0 saturated carbocycles. The molecule has 0 unspecified atom stereocenters. The van der Waals surface area contributed by atoms with E-state index in [0.29, 0.717) is 0 Å². The Hall–Kier alpha value is -0.367. The molecule has 0 aromatic heterocycles. The van der Waals surface area contributed by atoms with Crippen molar-refractivity contribution < 1.29 is 54.4 Å². The molecule has 0 aliphatic carbocycles. The molecule has 0 aliphatic rings. The second-order valence-electron chi connectivity index (χ2n) is 1.72. The van der Waals surface area contributed by atoms with E-state index in [1.165, 1.54) is 0 Å². The van der Waals surface area contributed by atoms with Crippen molar-refractivity contribution in [3.8, 4) is 0 Å². The first-order chi connectivity index (χ1) is 5.20. The Morgan fingerprint density at radius 1 is 0.933 bits per heavy atom. The summed E-state index contributed by atoms with van der Waals surface area (Å²) in [4.78, 5) is 17.8. The molecule has 0 bridgehead atoms. The van der Waals surface area contributed by atoms with Gasteiger partial charge in [-0.15, -0.1) is 0 Å². The zero-order chi connectivity index (χ0) is 10.7. The maximum atomic E-state index is 9.56. The van der Waals surface area contributed by atoms with Crippen LogP contribution in [0.4, 0.5) is 0 Å². The molecular weight excluding hydrogens is 282 g/mol. The number of rotatable bonds is 0. The number of carbonyl (C=O) groups is 2. The third-order valence-corrected chi connectivity index (χ3v) is 0. The quantitative estimate of drug-likeness (QED) is 0.414. The molecule has 0 aromatic rings. The van der Waals surface area contributed by atoms with Crippen molar-refractivity contribution in [2.45, 2.75) is 13.8 Å². The molecule has 0 aliphatic heterocycles. The monoisotopic (exact) mass is 296 g/mol. The third-order valence-electron chi connectivity index (χ3n) is 0. The van der Waals surface area contributed by atoms with Gasteiger partial charge in [0, 0.05) is 35.2 Å². The first-order valence-corrected chi connectivity index (χ1v) is 4.77. The molecule has 0 saturated heterocycles. The van der Waals surface area contributed by atoms with Gasteiger partial charge < -0.3 is 30.8 Å². The fraction of sp³-hybridized carbons (Fsp3) is 0.667. The van der Waals surface area contributed by atoms with E-state index in [4.69, 9.17) is 19.8 Å². The summed E-state index contributed by atoms with van der Waals surface area (Å²) in [5.41, 5.74) is 0. The molecule has 0 atom stereocenters. The predicted octanol–water partition coefficient (Wildman–Crippen LogP) is -4.14. The average Bonchev–Trinajstić information content (AvgIpc) is 1.54. The largest absolute Gasteiger partial charge is 2.00 e. The molecule has 0 fully saturated rings. The molecule has 0 heterocycles. The van der Waals surface area contributed by atoms with Gasteiger partial charge in [0.15, 0.2) is 0 Å². The molecule has 0 rings (SSSR count). The van der Waals surface area contributed by atoms with Gasteiger partial charge in [-0.25, -0.2) is 0 Å². The third kappa shape index (κ3) is 13700. The van der Waals surface area contributed by atoms with E-state index in [-0.39, 0.29) is 30.4 Å². The van der Waals surface area contributed by atoms with Crippen LogP contribution in [0.15, 0.2) is 0 Å². The van der Waals surface area contributed by atoms with Crippen LogP contribution in [-0.4, -0.2) is 39.6 Å². The SMILES string of the molecule is CC(=O)[O-].CC(=O)[O-].CS(C)=O.O.O.[Zn+2]. The first kappa shape index (κ1) is 36.5. The van der Waals surface area contributed by atoms with Gasteiger partial charge in [-0.1, -0.05) is 0 Å². The standard InChI is InChI=1S/2C2H4O2.C2H6OS.2H2O.Zn/c2*1-2(3)4;1-4(2)3;;;/h2*1H3,(H,3,4);1-2H3;2*1H2;/q;;;;;+2/p-2. The van der Waals surface area contributed by atoms with Crippen molar-refractivity contribution in [2.75, 3.05) is 12.5 Å². The second kappa shape index (κ2) is 29.2. The molecule has 0 amide bonds. The van der Waals surface area contributed by atoms with Crippen LogP contribution in [0, 0.1) is 0 Å². The summed E-state index contributed by atoms with van der Waals surface area (Å²) < 4.78 is 9.56. The van der Waals surface area contributed by atoms with Gasteiger partial charge in [-0.3, -0.25) is 4.21 Å². The van der Waals surface area contributed by atoms with Crippen LogP contribution in [0.5, 0.6) is 0 Å². The predicted molar refractivity (Wildman–Crippen MR) is 48.6 cm³/mol. The summed E-state index contributed by atoms with van der Waals surface area (Å²) >= 11 is 0. The number of carbonyl (C=O) groups excluding carboxylic acids is 2. The van der Waals surface area contributed by atoms with Gasteiger partial charge in [0.2, 0.25) is 0 Å². The zero-order valence-electron chi connectivity index (χ0n) is 9.16. The number of aliphatic carboxylic acids is 2. The van der Waals surface area contributed by atoms with Crippen LogP contribution in [0.25, 0.3) is 0 Å². The Bertz CT molecular complexity index is 121. The topological polar surface area (TPSA) is 160 Å². The summed E-state index contributed by atoms with van der Waals surface area (Å²) in [6.45, 7) is 1.94. The van der Waals surface area contributed by atoms with Crippen LogP contribution < -0.4 is 10.2 Å². The number of hydrogen-bond donors (Lipinski definition) is 0. The minimum atomic E-state index is -1.08. The summed E-state index contributed by atoms with van der Waals surface area (Å²) in [7, 11) is -0.611. The Labute approximate surface area is 104 Å². The Morgan fingerprint density at radius 2 is 0.933 bits per heavy atom. The Balaban J connectivity index is -0.0000000184. The van der Waals surface area contributed by atoms with Crippen LogP contribution in [0.3, 0.4) is 0 Å².